The SMILES string of the molecule is Clc1ccc(CC(Br)c2cc3c(s2)CCCC3)cc1Cl. The van der Waals surface area contributed by atoms with Crippen molar-refractivity contribution in [1.29, 1.82) is 0 Å². The van der Waals surface area contributed by atoms with Crippen LogP contribution >= 0.6 is 50.5 Å². The van der Waals surface area contributed by atoms with Crippen LogP contribution in [0.25, 0.3) is 0 Å². The van der Waals surface area contributed by atoms with Crippen LogP contribution in [0, 0.1) is 0 Å². The normalized spacial score (nSPS) is 15.9. The number of alkyl halides is 1. The molecule has 0 aliphatic heterocycles. The van der Waals surface area contributed by atoms with E-state index >= 15 is 0 Å². The van der Waals surface area contributed by atoms with Crippen molar-refractivity contribution in [3.8, 4) is 0 Å². The molecule has 1 aromatic carbocycles. The average Bonchev–Trinajstić information content (AvgIpc) is 2.87. The van der Waals surface area contributed by atoms with Crippen molar-refractivity contribution in [2.45, 2.75) is 36.9 Å². The molecule has 1 heterocycles. The Bertz CT molecular complexity index is 597. The lowest BCUT2D eigenvalue weighted by Crippen LogP contribution is -1.96. The van der Waals surface area contributed by atoms with Crippen LogP contribution in [0.3, 0.4) is 0 Å². The zero-order valence-electron chi connectivity index (χ0n) is 11.0. The van der Waals surface area contributed by atoms with Crippen LogP contribution in [0.15, 0.2) is 24.3 Å². The molecule has 1 aliphatic rings. The molecule has 20 heavy (non-hydrogen) atoms. The molecule has 106 valence electrons. The quantitative estimate of drug-likeness (QED) is 0.518. The van der Waals surface area contributed by atoms with E-state index in [1.165, 1.54) is 36.1 Å². The van der Waals surface area contributed by atoms with E-state index in [2.05, 4.69) is 28.1 Å². The lowest BCUT2D eigenvalue weighted by Gasteiger charge is -2.08. The molecule has 1 atom stereocenters. The summed E-state index contributed by atoms with van der Waals surface area (Å²) in [7, 11) is 0. The smallest absolute Gasteiger partial charge is 0.0595 e. The van der Waals surface area contributed by atoms with Gasteiger partial charge in [-0.15, -0.1) is 11.3 Å². The standard InChI is InChI=1S/C16H15BrCl2S/c17-12(7-10-5-6-13(18)14(19)8-10)16-9-11-3-1-2-4-15(11)20-16/h5-6,8-9,12H,1-4,7H2. The summed E-state index contributed by atoms with van der Waals surface area (Å²) >= 11 is 17.8. The topological polar surface area (TPSA) is 0 Å². The van der Waals surface area contributed by atoms with Crippen molar-refractivity contribution >= 4 is 50.5 Å². The Morgan fingerprint density at radius 2 is 1.90 bits per heavy atom. The van der Waals surface area contributed by atoms with Crippen molar-refractivity contribution in [2.24, 2.45) is 0 Å². The lowest BCUT2D eigenvalue weighted by molar-refractivity contribution is 0.697. The summed E-state index contributed by atoms with van der Waals surface area (Å²) in [6.45, 7) is 0. The second-order valence-corrected chi connectivity index (χ2v) is 8.31. The molecule has 1 unspecified atom stereocenters. The minimum absolute atomic E-state index is 0.357. The number of hydrogen-bond donors (Lipinski definition) is 0. The van der Waals surface area contributed by atoms with Gasteiger partial charge in [0, 0.05) is 9.75 Å². The van der Waals surface area contributed by atoms with Gasteiger partial charge in [0.15, 0.2) is 0 Å². The maximum Gasteiger partial charge on any atom is 0.0595 e. The minimum atomic E-state index is 0.357. The maximum absolute atomic E-state index is 6.08. The van der Waals surface area contributed by atoms with Gasteiger partial charge in [0.2, 0.25) is 0 Å². The first-order valence-electron chi connectivity index (χ1n) is 6.83. The molecule has 0 fully saturated rings. The Balaban J connectivity index is 1.76. The third-order valence-corrected chi connectivity index (χ3v) is 6.93. The van der Waals surface area contributed by atoms with Gasteiger partial charge in [0.1, 0.15) is 0 Å². The van der Waals surface area contributed by atoms with Gasteiger partial charge in [-0.3, -0.25) is 0 Å². The van der Waals surface area contributed by atoms with Crippen LogP contribution in [0.5, 0.6) is 0 Å². The largest absolute Gasteiger partial charge is 0.144 e. The fraction of sp³-hybridized carbons (Fsp3) is 0.375. The Labute approximate surface area is 142 Å². The van der Waals surface area contributed by atoms with E-state index in [0.29, 0.717) is 14.9 Å². The van der Waals surface area contributed by atoms with Gasteiger partial charge < -0.3 is 0 Å². The molecule has 0 radical (unpaired) electrons. The first kappa shape index (κ1) is 14.9. The first-order valence-corrected chi connectivity index (χ1v) is 9.32. The van der Waals surface area contributed by atoms with Gasteiger partial charge in [-0.2, -0.15) is 0 Å². The zero-order valence-corrected chi connectivity index (χ0v) is 14.9. The molecule has 0 spiro atoms. The molecule has 0 nitrogen and oxygen atoms in total. The van der Waals surface area contributed by atoms with Crippen molar-refractivity contribution in [3.63, 3.8) is 0 Å². The van der Waals surface area contributed by atoms with Crippen molar-refractivity contribution in [2.75, 3.05) is 0 Å². The summed E-state index contributed by atoms with van der Waals surface area (Å²) in [5.41, 5.74) is 2.78. The van der Waals surface area contributed by atoms with E-state index in [9.17, 15) is 0 Å². The van der Waals surface area contributed by atoms with E-state index < -0.39 is 0 Å². The molecule has 4 heteroatoms. The highest BCUT2D eigenvalue weighted by molar-refractivity contribution is 9.09. The van der Waals surface area contributed by atoms with Crippen LogP contribution in [0.2, 0.25) is 10.0 Å². The fourth-order valence-electron chi connectivity index (χ4n) is 2.64. The molecule has 2 aromatic rings. The first-order chi connectivity index (χ1) is 9.63. The van der Waals surface area contributed by atoms with Crippen LogP contribution in [0.4, 0.5) is 0 Å². The number of rotatable bonds is 3. The second kappa shape index (κ2) is 6.39. The Kier molecular flexibility index (Phi) is 4.76. The van der Waals surface area contributed by atoms with E-state index in [-0.39, 0.29) is 0 Å². The van der Waals surface area contributed by atoms with Gasteiger partial charge in [-0.25, -0.2) is 0 Å². The molecule has 0 saturated carbocycles. The van der Waals surface area contributed by atoms with E-state index in [0.717, 1.165) is 6.42 Å². The van der Waals surface area contributed by atoms with Crippen LogP contribution in [-0.4, -0.2) is 0 Å². The molecule has 0 N–H and O–H groups in total. The summed E-state index contributed by atoms with van der Waals surface area (Å²) < 4.78 is 0. The van der Waals surface area contributed by atoms with E-state index in [4.69, 9.17) is 23.2 Å². The molecule has 0 amide bonds. The molecule has 1 aromatic heterocycles. The number of benzene rings is 1. The monoisotopic (exact) mass is 388 g/mol. The van der Waals surface area contributed by atoms with E-state index in [1.54, 1.807) is 10.4 Å². The summed E-state index contributed by atoms with van der Waals surface area (Å²) in [4.78, 5) is 3.38. The highest BCUT2D eigenvalue weighted by Crippen LogP contribution is 2.38. The molecular formula is C16H15BrCl2S. The van der Waals surface area contributed by atoms with Crippen molar-refractivity contribution < 1.29 is 0 Å². The Morgan fingerprint density at radius 1 is 1.10 bits per heavy atom. The Morgan fingerprint density at radius 3 is 2.65 bits per heavy atom. The van der Waals surface area contributed by atoms with Crippen LogP contribution < -0.4 is 0 Å². The van der Waals surface area contributed by atoms with Crippen LogP contribution in [0.1, 0.15) is 38.6 Å². The van der Waals surface area contributed by atoms with Gasteiger partial charge in [-0.05, 0) is 61.4 Å². The number of thiophene rings is 1. The van der Waals surface area contributed by atoms with Crippen LogP contribution in [-0.2, 0) is 19.3 Å². The highest BCUT2D eigenvalue weighted by Gasteiger charge is 2.18. The van der Waals surface area contributed by atoms with Gasteiger partial charge >= 0.3 is 0 Å². The third kappa shape index (κ3) is 3.24. The molecule has 0 bridgehead atoms. The fourth-order valence-corrected chi connectivity index (χ4v) is 4.98. The van der Waals surface area contributed by atoms with E-state index in [1.807, 2.05) is 23.5 Å². The number of fused-ring (bicyclic) bond motifs is 1. The van der Waals surface area contributed by atoms with Crippen molar-refractivity contribution in [1.82, 2.24) is 0 Å². The summed E-state index contributed by atoms with van der Waals surface area (Å²) in [5, 5.41) is 1.25. The predicted molar refractivity (Wildman–Crippen MR) is 92.8 cm³/mol. The number of hydrogen-bond acceptors (Lipinski definition) is 1. The zero-order chi connectivity index (χ0) is 14.1. The average molecular weight is 390 g/mol. The van der Waals surface area contributed by atoms with Gasteiger partial charge in [-0.1, -0.05) is 45.2 Å². The van der Waals surface area contributed by atoms with Crippen molar-refractivity contribution in [3.05, 3.63) is 55.2 Å². The predicted octanol–water partition coefficient (Wildman–Crippen LogP) is 6.61. The summed E-state index contributed by atoms with van der Waals surface area (Å²) in [6, 6.07) is 8.27. The highest BCUT2D eigenvalue weighted by atomic mass is 79.9. The molecule has 1 aliphatic carbocycles. The lowest BCUT2D eigenvalue weighted by atomic mass is 9.99. The summed E-state index contributed by atoms with van der Waals surface area (Å²) in [5.74, 6) is 0. The molecule has 0 saturated heterocycles. The third-order valence-electron chi connectivity index (χ3n) is 3.72. The molecular weight excluding hydrogens is 375 g/mol. The maximum atomic E-state index is 6.08. The van der Waals surface area contributed by atoms with Gasteiger partial charge in [0.05, 0.1) is 14.9 Å². The second-order valence-electron chi connectivity index (χ2n) is 5.22. The number of aryl methyl sites for hydroxylation is 2. The van der Waals surface area contributed by atoms with Gasteiger partial charge in [0.25, 0.3) is 0 Å². The molecule has 3 rings (SSSR count). The number of halogens is 3. The summed E-state index contributed by atoms with van der Waals surface area (Å²) in [6.07, 6.45) is 6.12. The Hall–Kier alpha value is -0.0200. The minimum Gasteiger partial charge on any atom is -0.144 e.